The molecule has 4 N–H and O–H groups in total. The van der Waals surface area contributed by atoms with Crippen molar-refractivity contribution in [2.75, 3.05) is 7.11 Å². The molecule has 0 radical (unpaired) electrons. The number of hydrogen-bond acceptors (Lipinski definition) is 8. The molecule has 3 aromatic rings. The van der Waals surface area contributed by atoms with Crippen LogP contribution in [0.3, 0.4) is 0 Å². The zero-order chi connectivity index (χ0) is 22.0. The minimum absolute atomic E-state index is 0.0378. The summed E-state index contributed by atoms with van der Waals surface area (Å²) in [5.74, 6) is 0.244. The van der Waals surface area contributed by atoms with Crippen molar-refractivity contribution in [2.45, 2.75) is 12.5 Å². The van der Waals surface area contributed by atoms with E-state index in [9.17, 15) is 20.4 Å². The molecule has 1 atom stereocenters. The van der Waals surface area contributed by atoms with E-state index in [1.807, 2.05) is 0 Å². The highest BCUT2D eigenvalue weighted by atomic mass is 16.5. The lowest BCUT2D eigenvalue weighted by Gasteiger charge is -2.28. The summed E-state index contributed by atoms with van der Waals surface area (Å²) < 4.78 is 11.1. The Bertz CT molecular complexity index is 1190. The predicted molar refractivity (Wildman–Crippen MR) is 115 cm³/mol. The number of phenolic OH excluding ortho intramolecular Hbond substituents is 4. The summed E-state index contributed by atoms with van der Waals surface area (Å²) in [5, 5.41) is 48.6. The number of methoxy groups -OCH3 is 1. The summed E-state index contributed by atoms with van der Waals surface area (Å²) >= 11 is 0. The molecule has 0 saturated carbocycles. The Morgan fingerprint density at radius 1 is 0.968 bits per heavy atom. The topological polar surface area (TPSA) is 124 Å². The monoisotopic (exact) mass is 420 g/mol. The van der Waals surface area contributed by atoms with Crippen molar-refractivity contribution < 1.29 is 29.9 Å². The van der Waals surface area contributed by atoms with Gasteiger partial charge in [0.05, 0.1) is 24.6 Å². The van der Waals surface area contributed by atoms with Gasteiger partial charge >= 0.3 is 0 Å². The average Bonchev–Trinajstić information content (AvgIpc) is 2.74. The Morgan fingerprint density at radius 2 is 1.77 bits per heavy atom. The summed E-state index contributed by atoms with van der Waals surface area (Å²) in [4.78, 5) is 0. The number of phenols is 4. The molecule has 0 aromatic heterocycles. The Morgan fingerprint density at radius 3 is 2.52 bits per heavy atom. The minimum atomic E-state index is -0.551. The van der Waals surface area contributed by atoms with Crippen molar-refractivity contribution in [1.82, 2.24) is 0 Å². The van der Waals surface area contributed by atoms with Crippen LogP contribution < -0.4 is 9.47 Å². The van der Waals surface area contributed by atoms with Crippen LogP contribution in [0.4, 0.5) is 0 Å². The molecule has 31 heavy (non-hydrogen) atoms. The van der Waals surface area contributed by atoms with Gasteiger partial charge in [0.2, 0.25) is 0 Å². The summed E-state index contributed by atoms with van der Waals surface area (Å²) in [6.45, 7) is 0. The molecule has 0 amide bonds. The number of para-hydroxylation sites is 1. The number of rotatable bonds is 4. The van der Waals surface area contributed by atoms with E-state index in [4.69, 9.17) is 9.47 Å². The maximum atomic E-state index is 10.4. The molecular formula is C23H20N2O6. The fourth-order valence-electron chi connectivity index (χ4n) is 3.38. The van der Waals surface area contributed by atoms with Crippen LogP contribution in [0.2, 0.25) is 0 Å². The van der Waals surface area contributed by atoms with Crippen molar-refractivity contribution in [3.63, 3.8) is 0 Å². The van der Waals surface area contributed by atoms with E-state index in [1.54, 1.807) is 36.4 Å². The van der Waals surface area contributed by atoms with Gasteiger partial charge in [-0.2, -0.15) is 10.2 Å². The Hall–Kier alpha value is -4.20. The van der Waals surface area contributed by atoms with Crippen molar-refractivity contribution in [3.8, 4) is 34.5 Å². The number of fused-ring (bicyclic) bond motifs is 1. The summed E-state index contributed by atoms with van der Waals surface area (Å²) in [7, 11) is 1.46. The molecule has 0 spiro atoms. The number of nitrogens with zero attached hydrogens (tertiary/aromatic N) is 2. The minimum Gasteiger partial charge on any atom is -0.508 e. The van der Waals surface area contributed by atoms with Crippen molar-refractivity contribution in [2.24, 2.45) is 10.2 Å². The van der Waals surface area contributed by atoms with E-state index in [-0.39, 0.29) is 35.2 Å². The lowest BCUT2D eigenvalue weighted by Crippen LogP contribution is -2.21. The highest BCUT2D eigenvalue weighted by Crippen LogP contribution is 2.43. The Balaban J connectivity index is 1.73. The third kappa shape index (κ3) is 4.09. The first kappa shape index (κ1) is 20.1. The van der Waals surface area contributed by atoms with E-state index in [1.165, 1.54) is 31.5 Å². The highest BCUT2D eigenvalue weighted by Gasteiger charge is 2.30. The normalized spacial score (nSPS) is 16.8. The second-order valence-corrected chi connectivity index (χ2v) is 6.93. The van der Waals surface area contributed by atoms with E-state index < -0.39 is 6.10 Å². The molecule has 1 aliphatic heterocycles. The van der Waals surface area contributed by atoms with Crippen molar-refractivity contribution in [3.05, 3.63) is 71.3 Å². The SMILES string of the molecule is COc1ccc(C2C/C(=N\N=C/c3ccccc3O)c3c(O)cc(O)cc3O2)cc1O. The zero-order valence-electron chi connectivity index (χ0n) is 16.6. The highest BCUT2D eigenvalue weighted by molar-refractivity contribution is 6.06. The van der Waals surface area contributed by atoms with Gasteiger partial charge < -0.3 is 29.9 Å². The number of ether oxygens (including phenoxy) is 2. The molecule has 4 rings (SSSR count). The molecule has 8 heteroatoms. The molecular weight excluding hydrogens is 400 g/mol. The second kappa shape index (κ2) is 8.27. The van der Waals surface area contributed by atoms with Gasteiger partial charge in [-0.05, 0) is 29.8 Å². The fourth-order valence-corrected chi connectivity index (χ4v) is 3.38. The van der Waals surface area contributed by atoms with Crippen LogP contribution in [0.5, 0.6) is 34.5 Å². The smallest absolute Gasteiger partial charge is 0.160 e. The first-order chi connectivity index (χ1) is 15.0. The standard InChI is InChI=1S/C23H20N2O6/c1-30-20-7-6-13(8-18(20)28)21-11-16(23-19(29)9-15(26)10-22(23)31-21)25-24-12-14-4-2-3-5-17(14)27/h2-10,12,21,26-29H,11H2,1H3/b24-12-,25-16+. The lowest BCUT2D eigenvalue weighted by molar-refractivity contribution is 0.203. The average molecular weight is 420 g/mol. The quantitative estimate of drug-likeness (QED) is 0.375. The number of benzene rings is 3. The van der Waals surface area contributed by atoms with Crippen molar-refractivity contribution >= 4 is 11.9 Å². The first-order valence-corrected chi connectivity index (χ1v) is 9.44. The first-order valence-electron chi connectivity index (χ1n) is 9.44. The molecule has 1 unspecified atom stereocenters. The van der Waals surface area contributed by atoms with E-state index in [0.717, 1.165) is 0 Å². The van der Waals surface area contributed by atoms with Gasteiger partial charge in [-0.15, -0.1) is 0 Å². The van der Waals surface area contributed by atoms with Crippen LogP contribution in [-0.4, -0.2) is 39.5 Å². The van der Waals surface area contributed by atoms with Gasteiger partial charge in [0.25, 0.3) is 0 Å². The molecule has 1 aliphatic rings. The summed E-state index contributed by atoms with van der Waals surface area (Å²) in [5.41, 5.74) is 1.89. The van der Waals surface area contributed by atoms with Crippen LogP contribution in [0.1, 0.15) is 29.2 Å². The maximum absolute atomic E-state index is 10.4. The van der Waals surface area contributed by atoms with Crippen LogP contribution in [0.25, 0.3) is 0 Å². The van der Waals surface area contributed by atoms with E-state index >= 15 is 0 Å². The van der Waals surface area contributed by atoms with Crippen LogP contribution in [0, 0.1) is 0 Å². The van der Waals surface area contributed by atoms with Crippen LogP contribution in [-0.2, 0) is 0 Å². The molecule has 0 bridgehead atoms. The van der Waals surface area contributed by atoms with Gasteiger partial charge in [-0.25, -0.2) is 0 Å². The Labute approximate surface area is 178 Å². The van der Waals surface area contributed by atoms with Gasteiger partial charge in [0, 0.05) is 24.1 Å². The lowest BCUT2D eigenvalue weighted by atomic mass is 9.94. The maximum Gasteiger partial charge on any atom is 0.160 e. The largest absolute Gasteiger partial charge is 0.508 e. The number of hydrogen-bond donors (Lipinski definition) is 4. The summed E-state index contributed by atoms with van der Waals surface area (Å²) in [6.07, 6.45) is 1.10. The van der Waals surface area contributed by atoms with E-state index in [2.05, 4.69) is 10.2 Å². The van der Waals surface area contributed by atoms with Gasteiger partial charge in [-0.3, -0.25) is 0 Å². The third-order valence-corrected chi connectivity index (χ3v) is 4.89. The molecule has 0 saturated heterocycles. The predicted octanol–water partition coefficient (Wildman–Crippen LogP) is 3.86. The molecule has 0 aliphatic carbocycles. The zero-order valence-corrected chi connectivity index (χ0v) is 16.6. The van der Waals surface area contributed by atoms with Crippen LogP contribution in [0.15, 0.2) is 64.8 Å². The third-order valence-electron chi connectivity index (χ3n) is 4.89. The number of aromatic hydroxyl groups is 4. The molecule has 0 fully saturated rings. The van der Waals surface area contributed by atoms with Gasteiger partial charge in [0.15, 0.2) is 11.5 Å². The second-order valence-electron chi connectivity index (χ2n) is 6.93. The summed E-state index contributed by atoms with van der Waals surface area (Å²) in [6, 6.07) is 14.2. The molecule has 8 nitrogen and oxygen atoms in total. The van der Waals surface area contributed by atoms with Gasteiger partial charge in [0.1, 0.15) is 29.1 Å². The van der Waals surface area contributed by atoms with E-state index in [0.29, 0.717) is 28.2 Å². The van der Waals surface area contributed by atoms with Gasteiger partial charge in [-0.1, -0.05) is 18.2 Å². The molecule has 3 aromatic carbocycles. The Kier molecular flexibility index (Phi) is 5.36. The molecule has 1 heterocycles. The molecule has 158 valence electrons. The fraction of sp³-hybridized carbons (Fsp3) is 0.130. The van der Waals surface area contributed by atoms with Crippen molar-refractivity contribution in [1.29, 1.82) is 0 Å². The van der Waals surface area contributed by atoms with Crippen LogP contribution >= 0.6 is 0 Å².